The van der Waals surface area contributed by atoms with Crippen LogP contribution in [0, 0.1) is 17.2 Å². The second-order valence-electron chi connectivity index (χ2n) is 13.0. The van der Waals surface area contributed by atoms with Crippen LogP contribution in [0.2, 0.25) is 0 Å². The Morgan fingerprint density at radius 1 is 0.900 bits per heavy atom. The number of aromatic amines is 1. The number of benzene rings is 2. The number of hydrogen-bond donors (Lipinski definition) is 4. The number of imidazole rings is 1. The Bertz CT molecular complexity index is 1410. The number of fused-ring (bicyclic) bond motifs is 2. The Labute approximate surface area is 238 Å². The number of hydrogen-bond acceptors (Lipinski definition) is 5. The average molecular weight is 535 g/mol. The molecule has 0 amide bonds. The fourth-order valence-corrected chi connectivity index (χ4v) is 7.78. The lowest BCUT2D eigenvalue weighted by molar-refractivity contribution is 0.360. The number of H-pyrrole nitrogens is 1. The molecule has 4 N–H and O–H groups in total. The van der Waals surface area contributed by atoms with E-state index in [9.17, 15) is 0 Å². The van der Waals surface area contributed by atoms with Gasteiger partial charge in [0.05, 0.1) is 30.2 Å². The third-order valence-electron chi connectivity index (χ3n) is 9.89. The molecule has 4 unspecified atom stereocenters. The number of nitrogens with one attached hydrogen (secondary N) is 4. The van der Waals surface area contributed by atoms with Crippen molar-refractivity contribution in [3.63, 3.8) is 0 Å². The van der Waals surface area contributed by atoms with Crippen molar-refractivity contribution in [2.24, 2.45) is 16.8 Å². The van der Waals surface area contributed by atoms with E-state index in [-0.39, 0.29) is 0 Å². The van der Waals surface area contributed by atoms with Gasteiger partial charge in [-0.15, -0.1) is 0 Å². The van der Waals surface area contributed by atoms with Crippen molar-refractivity contribution in [3.05, 3.63) is 65.1 Å². The van der Waals surface area contributed by atoms with Crippen LogP contribution in [0.25, 0.3) is 22.4 Å². The summed E-state index contributed by atoms with van der Waals surface area (Å²) in [4.78, 5) is 13.1. The van der Waals surface area contributed by atoms with Crippen molar-refractivity contribution >= 4 is 11.9 Å². The SMILES string of the molecule is CC1CNC(CN=CC(=N)c2ccc(-c3ccc(-c4cnc(C5CC(C)CN5)[nH]4)c4c3C3CCC4CC3)cc2)C1. The molecule has 1 saturated carbocycles. The molecule has 40 heavy (non-hydrogen) atoms. The lowest BCUT2D eigenvalue weighted by Crippen LogP contribution is -2.24. The van der Waals surface area contributed by atoms with Crippen LogP contribution < -0.4 is 10.6 Å². The molecule has 3 heterocycles. The highest BCUT2D eigenvalue weighted by molar-refractivity contribution is 6.36. The fourth-order valence-electron chi connectivity index (χ4n) is 7.78. The maximum Gasteiger partial charge on any atom is 0.123 e. The van der Waals surface area contributed by atoms with Crippen molar-refractivity contribution in [1.82, 2.24) is 20.6 Å². The summed E-state index contributed by atoms with van der Waals surface area (Å²) in [5.74, 6) is 3.76. The first-order valence-electron chi connectivity index (χ1n) is 15.4. The van der Waals surface area contributed by atoms with Gasteiger partial charge in [-0.25, -0.2) is 4.98 Å². The van der Waals surface area contributed by atoms with Crippen LogP contribution in [0.4, 0.5) is 0 Å². The van der Waals surface area contributed by atoms with E-state index in [2.05, 4.69) is 77.1 Å². The van der Waals surface area contributed by atoms with Crippen LogP contribution in [0.3, 0.4) is 0 Å². The molecule has 0 radical (unpaired) electrons. The summed E-state index contributed by atoms with van der Waals surface area (Å²) in [6, 6.07) is 14.0. The van der Waals surface area contributed by atoms with Crippen LogP contribution in [0.15, 0.2) is 47.6 Å². The molecular weight excluding hydrogens is 492 g/mol. The van der Waals surface area contributed by atoms with Gasteiger partial charge in [-0.2, -0.15) is 0 Å². The summed E-state index contributed by atoms with van der Waals surface area (Å²) in [6.07, 6.45) is 11.3. The Morgan fingerprint density at radius 2 is 1.57 bits per heavy atom. The van der Waals surface area contributed by atoms with E-state index >= 15 is 0 Å². The normalized spacial score (nSPS) is 29.4. The van der Waals surface area contributed by atoms with Crippen LogP contribution in [-0.2, 0) is 0 Å². The molecule has 6 heteroatoms. The van der Waals surface area contributed by atoms with E-state index in [0.717, 1.165) is 49.1 Å². The maximum absolute atomic E-state index is 8.55. The van der Waals surface area contributed by atoms with Crippen molar-refractivity contribution in [2.75, 3.05) is 19.6 Å². The summed E-state index contributed by atoms with van der Waals surface area (Å²) < 4.78 is 0. The molecule has 2 bridgehead atoms. The second-order valence-corrected chi connectivity index (χ2v) is 13.0. The highest BCUT2D eigenvalue weighted by atomic mass is 15.0. The molecule has 2 aliphatic heterocycles. The Kier molecular flexibility index (Phi) is 6.92. The zero-order valence-corrected chi connectivity index (χ0v) is 23.8. The molecule has 5 aliphatic rings. The summed E-state index contributed by atoms with van der Waals surface area (Å²) in [5.41, 5.74) is 9.65. The van der Waals surface area contributed by atoms with Gasteiger partial charge in [-0.1, -0.05) is 50.2 Å². The van der Waals surface area contributed by atoms with Gasteiger partial charge in [0.15, 0.2) is 0 Å². The van der Waals surface area contributed by atoms with Gasteiger partial charge in [-0.05, 0) is 97.5 Å². The topological polar surface area (TPSA) is 88.9 Å². The lowest BCUT2D eigenvalue weighted by atomic mass is 9.64. The number of rotatable bonds is 7. The van der Waals surface area contributed by atoms with Crippen molar-refractivity contribution in [1.29, 1.82) is 5.41 Å². The predicted octanol–water partition coefficient (Wildman–Crippen LogP) is 6.61. The van der Waals surface area contributed by atoms with Crippen molar-refractivity contribution in [2.45, 2.75) is 76.3 Å². The maximum atomic E-state index is 8.55. The van der Waals surface area contributed by atoms with Gasteiger partial charge in [0.2, 0.25) is 0 Å². The minimum absolute atomic E-state index is 0.334. The molecule has 208 valence electrons. The van der Waals surface area contributed by atoms with Gasteiger partial charge in [0.1, 0.15) is 5.82 Å². The van der Waals surface area contributed by atoms with Gasteiger partial charge < -0.3 is 15.6 Å². The Balaban J connectivity index is 1.15. The summed E-state index contributed by atoms with van der Waals surface area (Å²) in [6.45, 7) is 7.47. The minimum Gasteiger partial charge on any atom is -0.341 e. The minimum atomic E-state index is 0.334. The van der Waals surface area contributed by atoms with E-state index < -0.39 is 0 Å². The monoisotopic (exact) mass is 534 g/mol. The van der Waals surface area contributed by atoms with Gasteiger partial charge >= 0.3 is 0 Å². The molecule has 3 aliphatic carbocycles. The molecular formula is C34H42N6. The molecule has 3 aromatic rings. The van der Waals surface area contributed by atoms with E-state index in [1.807, 2.05) is 0 Å². The Hall–Kier alpha value is -3.09. The summed E-state index contributed by atoms with van der Waals surface area (Å²) in [7, 11) is 0. The van der Waals surface area contributed by atoms with Crippen LogP contribution in [0.1, 0.15) is 92.8 Å². The first-order valence-corrected chi connectivity index (χ1v) is 15.4. The largest absolute Gasteiger partial charge is 0.341 e. The standard InChI is InChI=1S/C34H42N6/c1-20-13-26(37-15-20)17-36-18-29(35)23-5-3-22(4-6-23)27-11-12-28(33-25-9-7-24(8-10-25)32(27)33)31-19-39-34(40-31)30-14-21(2)16-38-30/h3-6,11-12,18-21,24-26,30,35,37-38H,7-10,13-17H2,1-2H3,(H,39,40). The smallest absolute Gasteiger partial charge is 0.123 e. The van der Waals surface area contributed by atoms with Gasteiger partial charge in [0.25, 0.3) is 0 Å². The number of aromatic nitrogens is 2. The third kappa shape index (κ3) is 4.86. The quantitative estimate of drug-likeness (QED) is 0.257. The van der Waals surface area contributed by atoms with Crippen LogP contribution in [-0.4, -0.2) is 47.6 Å². The van der Waals surface area contributed by atoms with E-state index in [0.29, 0.717) is 35.5 Å². The van der Waals surface area contributed by atoms with Gasteiger partial charge in [-0.3, -0.25) is 10.4 Å². The molecule has 0 spiro atoms. The number of nitrogens with zero attached hydrogens (tertiary/aromatic N) is 2. The van der Waals surface area contributed by atoms with Crippen molar-refractivity contribution < 1.29 is 0 Å². The van der Waals surface area contributed by atoms with Crippen molar-refractivity contribution in [3.8, 4) is 22.4 Å². The first kappa shape index (κ1) is 25.8. The first-order chi connectivity index (χ1) is 19.5. The highest BCUT2D eigenvalue weighted by Crippen LogP contribution is 2.55. The zero-order chi connectivity index (χ0) is 27.2. The van der Waals surface area contributed by atoms with Crippen LogP contribution in [0.5, 0.6) is 0 Å². The molecule has 1 aromatic heterocycles. The molecule has 4 atom stereocenters. The van der Waals surface area contributed by atoms with Gasteiger partial charge in [0, 0.05) is 23.4 Å². The van der Waals surface area contributed by atoms with Crippen LogP contribution >= 0.6 is 0 Å². The summed E-state index contributed by atoms with van der Waals surface area (Å²) in [5, 5.41) is 15.7. The molecule has 2 saturated heterocycles. The Morgan fingerprint density at radius 3 is 2.25 bits per heavy atom. The fraction of sp³-hybridized carbons (Fsp3) is 0.500. The molecule has 6 nitrogen and oxygen atoms in total. The van der Waals surface area contributed by atoms with E-state index in [1.54, 1.807) is 17.3 Å². The molecule has 2 aromatic carbocycles. The second kappa shape index (κ2) is 10.7. The molecule has 3 fully saturated rings. The highest BCUT2D eigenvalue weighted by Gasteiger charge is 2.37. The van der Waals surface area contributed by atoms with E-state index in [1.165, 1.54) is 48.8 Å². The zero-order valence-electron chi connectivity index (χ0n) is 23.8. The summed E-state index contributed by atoms with van der Waals surface area (Å²) >= 11 is 0. The third-order valence-corrected chi connectivity index (χ3v) is 9.89. The predicted molar refractivity (Wildman–Crippen MR) is 164 cm³/mol. The average Bonchev–Trinajstić information content (AvgIpc) is 3.74. The lowest BCUT2D eigenvalue weighted by Gasteiger charge is -2.41. The van der Waals surface area contributed by atoms with E-state index in [4.69, 9.17) is 10.4 Å². The molecule has 8 rings (SSSR count). The number of aliphatic imine (C=N–C) groups is 1.